The number of esters is 2. The summed E-state index contributed by atoms with van der Waals surface area (Å²) < 4.78 is 10.6. The summed E-state index contributed by atoms with van der Waals surface area (Å²) in [4.78, 5) is 23.9. The summed E-state index contributed by atoms with van der Waals surface area (Å²) in [6.07, 6.45) is 0. The molecular formula is C18H11NO4. The lowest BCUT2D eigenvalue weighted by Crippen LogP contribution is -2.20. The third-order valence-electron chi connectivity index (χ3n) is 3.73. The van der Waals surface area contributed by atoms with Crippen molar-refractivity contribution < 1.29 is 19.1 Å². The molecule has 112 valence electrons. The molecule has 5 nitrogen and oxygen atoms in total. The number of benzene rings is 3. The number of hydrogen-bond donors (Lipinski definition) is 1. The van der Waals surface area contributed by atoms with E-state index in [2.05, 4.69) is 0 Å². The van der Waals surface area contributed by atoms with E-state index in [1.54, 1.807) is 30.3 Å². The third-order valence-corrected chi connectivity index (χ3v) is 3.73. The average molecular weight is 305 g/mol. The van der Waals surface area contributed by atoms with E-state index in [0.717, 1.165) is 0 Å². The second-order valence-corrected chi connectivity index (χ2v) is 5.16. The van der Waals surface area contributed by atoms with E-state index in [4.69, 9.17) is 15.2 Å². The number of cyclic esters (lactones) is 2. The summed E-state index contributed by atoms with van der Waals surface area (Å²) in [5.41, 5.74) is 6.97. The van der Waals surface area contributed by atoms with E-state index in [1.807, 2.05) is 18.2 Å². The number of nitrogens with two attached hydrogens (primary N) is 1. The van der Waals surface area contributed by atoms with E-state index in [-0.39, 0.29) is 5.56 Å². The summed E-state index contributed by atoms with van der Waals surface area (Å²) in [7, 11) is 0. The normalized spacial score (nSPS) is 13.0. The number of anilines is 1. The van der Waals surface area contributed by atoms with Crippen LogP contribution in [0.2, 0.25) is 0 Å². The van der Waals surface area contributed by atoms with Crippen LogP contribution in [0, 0.1) is 0 Å². The van der Waals surface area contributed by atoms with E-state index < -0.39 is 11.9 Å². The van der Waals surface area contributed by atoms with Crippen molar-refractivity contribution in [1.82, 2.24) is 0 Å². The molecule has 3 aromatic rings. The van der Waals surface area contributed by atoms with Crippen LogP contribution < -0.4 is 10.5 Å². The number of nitrogen functional groups attached to an aromatic ring is 1. The Morgan fingerprint density at radius 2 is 1.61 bits per heavy atom. The van der Waals surface area contributed by atoms with Crippen LogP contribution in [0.15, 0.2) is 54.6 Å². The van der Waals surface area contributed by atoms with Gasteiger partial charge >= 0.3 is 11.9 Å². The number of carbonyl (C=O) groups excluding carboxylic acids is 2. The monoisotopic (exact) mass is 305 g/mol. The van der Waals surface area contributed by atoms with Crippen LogP contribution >= 0.6 is 0 Å². The van der Waals surface area contributed by atoms with Crippen molar-refractivity contribution in [2.75, 3.05) is 5.73 Å². The Bertz CT molecular complexity index is 964. The Morgan fingerprint density at radius 1 is 0.870 bits per heavy atom. The highest BCUT2D eigenvalue weighted by molar-refractivity contribution is 6.22. The maximum Gasteiger partial charge on any atom is 0.346 e. The Morgan fingerprint density at radius 3 is 2.39 bits per heavy atom. The van der Waals surface area contributed by atoms with E-state index in [1.165, 1.54) is 6.07 Å². The van der Waals surface area contributed by atoms with Crippen LogP contribution in [0.5, 0.6) is 11.5 Å². The Balaban J connectivity index is 2.01. The molecule has 0 bridgehead atoms. The van der Waals surface area contributed by atoms with Gasteiger partial charge in [-0.2, -0.15) is 0 Å². The summed E-state index contributed by atoms with van der Waals surface area (Å²) in [6.45, 7) is 0. The van der Waals surface area contributed by atoms with Gasteiger partial charge in [0.15, 0.2) is 5.75 Å². The zero-order valence-electron chi connectivity index (χ0n) is 11.9. The van der Waals surface area contributed by atoms with Gasteiger partial charge in [-0.25, -0.2) is 9.59 Å². The quantitative estimate of drug-likeness (QED) is 0.445. The molecule has 4 rings (SSSR count). The zero-order valence-corrected chi connectivity index (χ0v) is 11.9. The summed E-state index contributed by atoms with van der Waals surface area (Å²) in [6, 6.07) is 15.7. The predicted octanol–water partition coefficient (Wildman–Crippen LogP) is 3.52. The number of rotatable bonds is 2. The topological polar surface area (TPSA) is 78.6 Å². The van der Waals surface area contributed by atoms with Crippen LogP contribution in [-0.2, 0) is 4.74 Å². The van der Waals surface area contributed by atoms with Crippen LogP contribution in [0.25, 0.3) is 10.8 Å². The van der Waals surface area contributed by atoms with Gasteiger partial charge in [0, 0.05) is 10.8 Å². The Hall–Kier alpha value is -3.34. The van der Waals surface area contributed by atoms with E-state index >= 15 is 0 Å². The smallest absolute Gasteiger partial charge is 0.346 e. The van der Waals surface area contributed by atoms with Crippen LogP contribution in [0.3, 0.4) is 0 Å². The summed E-state index contributed by atoms with van der Waals surface area (Å²) in [5.74, 6) is -0.330. The Kier molecular flexibility index (Phi) is 2.81. The molecule has 1 heterocycles. The van der Waals surface area contributed by atoms with Crippen LogP contribution in [0.1, 0.15) is 20.7 Å². The Labute approximate surface area is 131 Å². The molecule has 3 aromatic carbocycles. The second-order valence-electron chi connectivity index (χ2n) is 5.16. The van der Waals surface area contributed by atoms with Gasteiger partial charge in [-0.3, -0.25) is 0 Å². The minimum absolute atomic E-state index is 0.271. The van der Waals surface area contributed by atoms with Gasteiger partial charge < -0.3 is 15.2 Å². The standard InChI is InChI=1S/C18H11NO4/c19-14-9-13-15-11(16(14)22-10-5-2-1-3-6-10)7-4-8-12(15)17(20)23-18(13)21/h1-9H,19H2. The molecule has 2 N–H and O–H groups in total. The molecular weight excluding hydrogens is 294 g/mol. The van der Waals surface area contributed by atoms with Crippen molar-refractivity contribution in [1.29, 1.82) is 0 Å². The van der Waals surface area contributed by atoms with Gasteiger partial charge in [0.2, 0.25) is 0 Å². The molecule has 0 spiro atoms. The lowest BCUT2D eigenvalue weighted by molar-refractivity contribution is 0.0391. The fourth-order valence-corrected chi connectivity index (χ4v) is 2.73. The molecule has 23 heavy (non-hydrogen) atoms. The van der Waals surface area contributed by atoms with Crippen LogP contribution in [0.4, 0.5) is 5.69 Å². The molecule has 0 radical (unpaired) electrons. The molecule has 0 saturated heterocycles. The first-order valence-corrected chi connectivity index (χ1v) is 7.00. The largest absolute Gasteiger partial charge is 0.455 e. The van der Waals surface area contributed by atoms with Gasteiger partial charge in [0.1, 0.15) is 5.75 Å². The molecule has 0 fully saturated rings. The highest BCUT2D eigenvalue weighted by atomic mass is 16.6. The first-order chi connectivity index (χ1) is 11.1. The van der Waals surface area contributed by atoms with Crippen molar-refractivity contribution >= 4 is 28.4 Å². The summed E-state index contributed by atoms with van der Waals surface area (Å²) >= 11 is 0. The van der Waals surface area contributed by atoms with Crippen molar-refractivity contribution in [2.24, 2.45) is 0 Å². The highest BCUT2D eigenvalue weighted by Gasteiger charge is 2.29. The molecule has 0 saturated carbocycles. The van der Waals surface area contributed by atoms with Gasteiger partial charge in [-0.05, 0) is 24.3 Å². The maximum atomic E-state index is 12.0. The van der Waals surface area contributed by atoms with Gasteiger partial charge in [-0.15, -0.1) is 0 Å². The third kappa shape index (κ3) is 2.02. The minimum atomic E-state index is -0.698. The number of ether oxygens (including phenoxy) is 2. The highest BCUT2D eigenvalue weighted by Crippen LogP contribution is 2.40. The van der Waals surface area contributed by atoms with Crippen molar-refractivity contribution in [3.63, 3.8) is 0 Å². The van der Waals surface area contributed by atoms with Gasteiger partial charge in [0.25, 0.3) is 0 Å². The van der Waals surface area contributed by atoms with Gasteiger partial charge in [-0.1, -0.05) is 30.3 Å². The van der Waals surface area contributed by atoms with Crippen molar-refractivity contribution in [3.05, 3.63) is 65.7 Å². The molecule has 0 atom stereocenters. The zero-order chi connectivity index (χ0) is 16.0. The molecule has 5 heteroatoms. The fraction of sp³-hybridized carbons (Fsp3) is 0. The van der Waals surface area contributed by atoms with Gasteiger partial charge in [0.05, 0.1) is 16.8 Å². The second kappa shape index (κ2) is 4.84. The van der Waals surface area contributed by atoms with E-state index in [0.29, 0.717) is 33.5 Å². The SMILES string of the molecule is Nc1cc2c3c(cccc3c1Oc1ccccc1)C(=O)OC2=O. The lowest BCUT2D eigenvalue weighted by atomic mass is 9.95. The minimum Gasteiger partial charge on any atom is -0.455 e. The molecule has 0 aromatic heterocycles. The maximum absolute atomic E-state index is 12.0. The lowest BCUT2D eigenvalue weighted by Gasteiger charge is -2.19. The molecule has 1 aliphatic rings. The molecule has 0 unspecified atom stereocenters. The van der Waals surface area contributed by atoms with Crippen LogP contribution in [-0.4, -0.2) is 11.9 Å². The van der Waals surface area contributed by atoms with E-state index in [9.17, 15) is 9.59 Å². The number of para-hydroxylation sites is 1. The first kappa shape index (κ1) is 13.3. The number of carbonyl (C=O) groups is 2. The first-order valence-electron chi connectivity index (χ1n) is 7.00. The van der Waals surface area contributed by atoms with Crippen molar-refractivity contribution in [2.45, 2.75) is 0 Å². The number of hydrogen-bond acceptors (Lipinski definition) is 5. The fourth-order valence-electron chi connectivity index (χ4n) is 2.73. The molecule has 1 aliphatic heterocycles. The summed E-state index contributed by atoms with van der Waals surface area (Å²) in [5, 5.41) is 1.11. The average Bonchev–Trinajstić information content (AvgIpc) is 2.56. The molecule has 0 aliphatic carbocycles. The molecule has 0 amide bonds. The van der Waals surface area contributed by atoms with Crippen molar-refractivity contribution in [3.8, 4) is 11.5 Å². The predicted molar refractivity (Wildman–Crippen MR) is 84.6 cm³/mol.